The number of benzene rings is 1. The average molecular weight is 330 g/mol. The molecule has 2 heteroatoms. The van der Waals surface area contributed by atoms with Crippen molar-refractivity contribution in [1.82, 2.24) is 0 Å². The minimum absolute atomic E-state index is 0.559. The Bertz CT molecular complexity index is 394. The summed E-state index contributed by atoms with van der Waals surface area (Å²) in [5.74, 6) is 1.52. The van der Waals surface area contributed by atoms with Crippen LogP contribution in [-0.2, 0) is 0 Å². The highest BCUT2D eigenvalue weighted by Gasteiger charge is 2.09. The Morgan fingerprint density at radius 1 is 1.44 bits per heavy atom. The third-order valence-corrected chi connectivity index (χ3v) is 3.26. The average Bonchev–Trinajstić information content (AvgIpc) is 2.18. The molecule has 1 nitrogen and oxygen atoms in total. The molecular formula is C14H19IO. The zero-order chi connectivity index (χ0) is 12.3. The van der Waals surface area contributed by atoms with Crippen molar-refractivity contribution in [2.45, 2.75) is 33.6 Å². The summed E-state index contributed by atoms with van der Waals surface area (Å²) in [5, 5.41) is 0. The summed E-state index contributed by atoms with van der Waals surface area (Å²) in [5.41, 5.74) is 3.74. The molecule has 88 valence electrons. The van der Waals surface area contributed by atoms with Gasteiger partial charge in [-0.25, -0.2) is 0 Å². The first-order valence-corrected chi connectivity index (χ1v) is 6.57. The second kappa shape index (κ2) is 5.71. The second-order valence-corrected chi connectivity index (χ2v) is 5.70. The van der Waals surface area contributed by atoms with Crippen LogP contribution in [0.15, 0.2) is 24.3 Å². The lowest BCUT2D eigenvalue weighted by atomic mass is 9.98. The fourth-order valence-corrected chi connectivity index (χ4v) is 2.25. The van der Waals surface area contributed by atoms with E-state index in [4.69, 9.17) is 4.74 Å². The zero-order valence-electron chi connectivity index (χ0n) is 10.4. The number of aryl methyl sites for hydroxylation is 1. The van der Waals surface area contributed by atoms with Gasteiger partial charge in [0.25, 0.3) is 0 Å². The first kappa shape index (κ1) is 13.6. The van der Waals surface area contributed by atoms with Crippen molar-refractivity contribution in [3.05, 3.63) is 39.0 Å². The maximum Gasteiger partial charge on any atom is 0.133 e. The summed E-state index contributed by atoms with van der Waals surface area (Å²) in [4.78, 5) is 0. The third-order valence-electron chi connectivity index (χ3n) is 2.42. The lowest BCUT2D eigenvalue weighted by Crippen LogP contribution is -2.01. The van der Waals surface area contributed by atoms with Crippen LogP contribution in [0, 0.1) is 10.5 Å². The first-order chi connectivity index (χ1) is 7.41. The summed E-state index contributed by atoms with van der Waals surface area (Å²) >= 11 is 2.33. The van der Waals surface area contributed by atoms with Crippen LogP contribution in [0.4, 0.5) is 0 Å². The number of hydrogen-bond acceptors (Lipinski definition) is 1. The van der Waals surface area contributed by atoms with E-state index in [1.165, 1.54) is 14.7 Å². The van der Waals surface area contributed by atoms with Gasteiger partial charge in [0.2, 0.25) is 0 Å². The van der Waals surface area contributed by atoms with Crippen LogP contribution in [-0.4, -0.2) is 6.61 Å². The van der Waals surface area contributed by atoms with Gasteiger partial charge in [0.15, 0.2) is 0 Å². The molecule has 0 bridgehead atoms. The van der Waals surface area contributed by atoms with Crippen LogP contribution < -0.4 is 4.74 Å². The fraction of sp³-hybridized carbons (Fsp3) is 0.429. The molecule has 1 aromatic rings. The van der Waals surface area contributed by atoms with Crippen molar-refractivity contribution < 1.29 is 4.74 Å². The molecule has 0 aliphatic heterocycles. The van der Waals surface area contributed by atoms with Gasteiger partial charge in [-0.1, -0.05) is 20.4 Å². The molecule has 0 saturated carbocycles. The minimum atomic E-state index is 0.559. The zero-order valence-corrected chi connectivity index (χ0v) is 12.6. The van der Waals surface area contributed by atoms with Gasteiger partial charge in [0.05, 0.1) is 3.57 Å². The summed E-state index contributed by atoms with van der Waals surface area (Å²) < 4.78 is 6.88. The Balaban J connectivity index is 2.96. The summed E-state index contributed by atoms with van der Waals surface area (Å²) in [7, 11) is 0. The Hall–Kier alpha value is -0.510. The van der Waals surface area contributed by atoms with Gasteiger partial charge in [-0.05, 0) is 71.2 Å². The van der Waals surface area contributed by atoms with Crippen molar-refractivity contribution in [3.63, 3.8) is 0 Å². The molecule has 0 spiro atoms. The van der Waals surface area contributed by atoms with Gasteiger partial charge in [0, 0.05) is 0 Å². The number of ether oxygens (including phenoxy) is 1. The molecule has 0 fully saturated rings. The minimum Gasteiger partial charge on any atom is -0.488 e. The Morgan fingerprint density at radius 2 is 2.06 bits per heavy atom. The first-order valence-electron chi connectivity index (χ1n) is 5.49. The highest BCUT2D eigenvalue weighted by atomic mass is 127. The molecular weight excluding hydrogens is 311 g/mol. The summed E-state index contributed by atoms with van der Waals surface area (Å²) in [6.07, 6.45) is 0. The Kier molecular flexibility index (Phi) is 4.84. The van der Waals surface area contributed by atoms with E-state index in [-0.39, 0.29) is 0 Å². The van der Waals surface area contributed by atoms with E-state index in [2.05, 4.69) is 62.1 Å². The maximum absolute atomic E-state index is 5.71. The molecule has 0 aliphatic carbocycles. The van der Waals surface area contributed by atoms with Gasteiger partial charge in [-0.3, -0.25) is 0 Å². The third kappa shape index (κ3) is 3.51. The van der Waals surface area contributed by atoms with Crippen molar-refractivity contribution in [3.8, 4) is 5.75 Å². The van der Waals surface area contributed by atoms with E-state index >= 15 is 0 Å². The predicted octanol–water partition coefficient (Wildman–Crippen LogP) is 4.68. The van der Waals surface area contributed by atoms with Crippen LogP contribution in [0.2, 0.25) is 0 Å². The van der Waals surface area contributed by atoms with E-state index in [9.17, 15) is 0 Å². The Morgan fingerprint density at radius 3 is 2.56 bits per heavy atom. The molecule has 0 N–H and O–H groups in total. The molecule has 16 heavy (non-hydrogen) atoms. The smallest absolute Gasteiger partial charge is 0.133 e. The van der Waals surface area contributed by atoms with Gasteiger partial charge in [0.1, 0.15) is 12.4 Å². The largest absolute Gasteiger partial charge is 0.488 e. The van der Waals surface area contributed by atoms with Gasteiger partial charge in [-0.2, -0.15) is 0 Å². The van der Waals surface area contributed by atoms with Gasteiger partial charge in [-0.15, -0.1) is 0 Å². The molecule has 0 amide bonds. The van der Waals surface area contributed by atoms with Crippen LogP contribution in [0.25, 0.3) is 0 Å². The van der Waals surface area contributed by atoms with Gasteiger partial charge >= 0.3 is 0 Å². The SMILES string of the molecule is C=C(C)COc1cc(C)c(C(C)C)cc1I. The van der Waals surface area contributed by atoms with Gasteiger partial charge < -0.3 is 4.74 Å². The van der Waals surface area contributed by atoms with Crippen molar-refractivity contribution in [2.75, 3.05) is 6.61 Å². The second-order valence-electron chi connectivity index (χ2n) is 4.54. The van der Waals surface area contributed by atoms with Crippen molar-refractivity contribution in [1.29, 1.82) is 0 Å². The predicted molar refractivity (Wildman–Crippen MR) is 78.3 cm³/mol. The standard InChI is InChI=1S/C14H19IO/c1-9(2)8-16-14-6-11(5)12(10(3)4)7-13(14)15/h6-7,10H,1,8H2,2-5H3. The molecule has 0 aliphatic rings. The highest BCUT2D eigenvalue weighted by Crippen LogP contribution is 2.29. The Labute approximate surface area is 112 Å². The quantitative estimate of drug-likeness (QED) is 0.575. The molecule has 1 rings (SSSR count). The molecule has 1 aromatic carbocycles. The number of halogens is 1. The number of hydrogen-bond donors (Lipinski definition) is 0. The monoisotopic (exact) mass is 330 g/mol. The van der Waals surface area contributed by atoms with Crippen molar-refractivity contribution >= 4 is 22.6 Å². The fourth-order valence-electron chi connectivity index (χ4n) is 1.60. The molecule has 0 aromatic heterocycles. The lowest BCUT2D eigenvalue weighted by Gasteiger charge is -2.14. The van der Waals surface area contributed by atoms with Crippen molar-refractivity contribution in [2.24, 2.45) is 0 Å². The van der Waals surface area contributed by atoms with E-state index in [0.717, 1.165) is 11.3 Å². The van der Waals surface area contributed by atoms with E-state index in [1.807, 2.05) is 6.92 Å². The molecule has 0 radical (unpaired) electrons. The normalized spacial score (nSPS) is 10.6. The molecule has 0 atom stereocenters. The topological polar surface area (TPSA) is 9.23 Å². The van der Waals surface area contributed by atoms with E-state index in [1.54, 1.807) is 0 Å². The molecule has 0 unspecified atom stereocenters. The number of rotatable bonds is 4. The molecule has 0 heterocycles. The van der Waals surface area contributed by atoms with Crippen LogP contribution >= 0.6 is 22.6 Å². The van der Waals surface area contributed by atoms with Crippen LogP contribution in [0.3, 0.4) is 0 Å². The van der Waals surface area contributed by atoms with Crippen LogP contribution in [0.5, 0.6) is 5.75 Å². The lowest BCUT2D eigenvalue weighted by molar-refractivity contribution is 0.350. The van der Waals surface area contributed by atoms with E-state index < -0.39 is 0 Å². The summed E-state index contributed by atoms with van der Waals surface area (Å²) in [6.45, 7) is 13.0. The van der Waals surface area contributed by atoms with Crippen LogP contribution in [0.1, 0.15) is 37.8 Å². The summed E-state index contributed by atoms with van der Waals surface area (Å²) in [6, 6.07) is 4.34. The maximum atomic E-state index is 5.71. The van der Waals surface area contributed by atoms with E-state index in [0.29, 0.717) is 12.5 Å². The molecule has 0 saturated heterocycles. The highest BCUT2D eigenvalue weighted by molar-refractivity contribution is 14.1.